The Hall–Kier alpha value is -3.62. The van der Waals surface area contributed by atoms with Gasteiger partial charge in [-0.05, 0) is 62.7 Å². The summed E-state index contributed by atoms with van der Waals surface area (Å²) in [6, 6.07) is 10.2. The van der Waals surface area contributed by atoms with Gasteiger partial charge >= 0.3 is 11.8 Å². The molecule has 2 rings (SSSR count). The molecule has 154 valence electrons. The molecule has 0 bridgehead atoms. The van der Waals surface area contributed by atoms with Crippen molar-refractivity contribution in [3.63, 3.8) is 0 Å². The first-order valence-electron chi connectivity index (χ1n) is 8.90. The zero-order valence-corrected chi connectivity index (χ0v) is 16.5. The highest BCUT2D eigenvalue weighted by atomic mass is 16.5. The van der Waals surface area contributed by atoms with Crippen LogP contribution in [0.25, 0.3) is 0 Å². The first kappa shape index (κ1) is 21.7. The van der Waals surface area contributed by atoms with Crippen LogP contribution in [0, 0.1) is 0 Å². The lowest BCUT2D eigenvalue weighted by Gasteiger charge is -2.19. The zero-order chi connectivity index (χ0) is 21.3. The van der Waals surface area contributed by atoms with Crippen LogP contribution in [0.3, 0.4) is 0 Å². The third-order valence-electron chi connectivity index (χ3n) is 3.36. The van der Waals surface area contributed by atoms with Gasteiger partial charge in [-0.15, -0.1) is 0 Å². The molecule has 0 aliphatic rings. The highest BCUT2D eigenvalue weighted by molar-refractivity contribution is 6.35. The topological polar surface area (TPSA) is 122 Å². The standard InChI is InChI=1S/C20H24N4O5/c1-20(2,3)23-18(26)19(27)24-22-11-14-6-8-15(9-7-14)29-13-17(25)21-12-16-5-4-10-28-16/h4-11H,12-13H2,1-3H3,(H,21,25)(H,23,26)(H,24,27)/b22-11-. The van der Waals surface area contributed by atoms with Gasteiger partial charge in [0.2, 0.25) is 0 Å². The van der Waals surface area contributed by atoms with Crippen LogP contribution in [0.2, 0.25) is 0 Å². The van der Waals surface area contributed by atoms with Crippen LogP contribution >= 0.6 is 0 Å². The van der Waals surface area contributed by atoms with Crippen molar-refractivity contribution >= 4 is 23.9 Å². The second kappa shape index (κ2) is 10.1. The molecule has 3 amide bonds. The summed E-state index contributed by atoms with van der Waals surface area (Å²) in [6.07, 6.45) is 2.93. The molecule has 0 unspecified atom stereocenters. The summed E-state index contributed by atoms with van der Waals surface area (Å²) in [5.74, 6) is -0.724. The Balaban J connectivity index is 1.73. The maximum Gasteiger partial charge on any atom is 0.329 e. The minimum atomic E-state index is -0.850. The van der Waals surface area contributed by atoms with Crippen LogP contribution in [-0.4, -0.2) is 36.1 Å². The van der Waals surface area contributed by atoms with Gasteiger partial charge in [0.25, 0.3) is 5.91 Å². The highest BCUT2D eigenvalue weighted by Gasteiger charge is 2.19. The Morgan fingerprint density at radius 2 is 1.83 bits per heavy atom. The molecule has 1 heterocycles. The molecule has 0 aliphatic heterocycles. The van der Waals surface area contributed by atoms with Crippen LogP contribution in [0.5, 0.6) is 5.75 Å². The van der Waals surface area contributed by atoms with Gasteiger partial charge in [-0.25, -0.2) is 5.43 Å². The molecule has 0 saturated carbocycles. The van der Waals surface area contributed by atoms with Crippen molar-refractivity contribution < 1.29 is 23.5 Å². The lowest BCUT2D eigenvalue weighted by molar-refractivity contribution is -0.140. The number of nitrogens with zero attached hydrogens (tertiary/aromatic N) is 1. The lowest BCUT2D eigenvalue weighted by atomic mass is 10.1. The molecule has 1 aromatic heterocycles. The number of carbonyl (C=O) groups is 3. The average Bonchev–Trinajstić information content (AvgIpc) is 3.18. The molecular weight excluding hydrogens is 376 g/mol. The number of hydrogen-bond acceptors (Lipinski definition) is 6. The van der Waals surface area contributed by atoms with Gasteiger partial charge in [0.15, 0.2) is 6.61 Å². The van der Waals surface area contributed by atoms with Gasteiger partial charge < -0.3 is 19.8 Å². The third kappa shape index (κ3) is 8.29. The van der Waals surface area contributed by atoms with Gasteiger partial charge in [-0.3, -0.25) is 14.4 Å². The van der Waals surface area contributed by atoms with E-state index in [1.807, 2.05) is 0 Å². The van der Waals surface area contributed by atoms with Crippen LogP contribution in [0.15, 0.2) is 52.2 Å². The van der Waals surface area contributed by atoms with Crippen molar-refractivity contribution in [2.45, 2.75) is 32.9 Å². The van der Waals surface area contributed by atoms with Crippen LogP contribution in [0.1, 0.15) is 32.1 Å². The number of carbonyl (C=O) groups excluding carboxylic acids is 3. The number of hydrazone groups is 1. The van der Waals surface area contributed by atoms with Crippen molar-refractivity contribution in [3.05, 3.63) is 54.0 Å². The quantitative estimate of drug-likeness (QED) is 0.368. The highest BCUT2D eigenvalue weighted by Crippen LogP contribution is 2.11. The van der Waals surface area contributed by atoms with Gasteiger partial charge in [-0.1, -0.05) is 0 Å². The fourth-order valence-electron chi connectivity index (χ4n) is 2.06. The van der Waals surface area contributed by atoms with E-state index in [4.69, 9.17) is 9.15 Å². The molecule has 0 radical (unpaired) electrons. The Kier molecular flexibility index (Phi) is 7.53. The Morgan fingerprint density at radius 1 is 1.10 bits per heavy atom. The first-order chi connectivity index (χ1) is 13.7. The molecule has 0 fully saturated rings. The summed E-state index contributed by atoms with van der Waals surface area (Å²) < 4.78 is 10.5. The zero-order valence-electron chi connectivity index (χ0n) is 16.5. The fourth-order valence-corrected chi connectivity index (χ4v) is 2.06. The van der Waals surface area contributed by atoms with E-state index in [-0.39, 0.29) is 12.5 Å². The lowest BCUT2D eigenvalue weighted by Crippen LogP contribution is -2.47. The molecule has 0 saturated heterocycles. The van der Waals surface area contributed by atoms with Gasteiger partial charge in [0, 0.05) is 5.54 Å². The summed E-state index contributed by atoms with van der Waals surface area (Å²) in [5.41, 5.74) is 2.33. The number of amides is 3. The van der Waals surface area contributed by atoms with E-state index < -0.39 is 17.4 Å². The second-order valence-electron chi connectivity index (χ2n) is 7.12. The minimum absolute atomic E-state index is 0.132. The number of ether oxygens (including phenoxy) is 1. The van der Waals surface area contributed by atoms with Crippen molar-refractivity contribution in [2.24, 2.45) is 5.10 Å². The average molecular weight is 400 g/mol. The van der Waals surface area contributed by atoms with E-state index in [1.165, 1.54) is 12.5 Å². The smallest absolute Gasteiger partial charge is 0.329 e. The molecule has 0 atom stereocenters. The molecule has 3 N–H and O–H groups in total. The Morgan fingerprint density at radius 3 is 2.45 bits per heavy atom. The predicted molar refractivity (Wildman–Crippen MR) is 106 cm³/mol. The Bertz CT molecular complexity index is 852. The molecule has 1 aromatic carbocycles. The fraction of sp³-hybridized carbons (Fsp3) is 0.300. The summed E-state index contributed by atoms with van der Waals surface area (Å²) in [5, 5.41) is 8.96. The number of benzene rings is 1. The van der Waals surface area contributed by atoms with Crippen molar-refractivity contribution in [1.29, 1.82) is 0 Å². The summed E-state index contributed by atoms with van der Waals surface area (Å²) >= 11 is 0. The molecular formula is C20H24N4O5. The summed E-state index contributed by atoms with van der Waals surface area (Å²) in [6.45, 7) is 5.48. The van der Waals surface area contributed by atoms with E-state index >= 15 is 0 Å². The van der Waals surface area contributed by atoms with Crippen molar-refractivity contribution in [1.82, 2.24) is 16.1 Å². The Labute approximate surface area is 168 Å². The maximum atomic E-state index is 11.8. The van der Waals surface area contributed by atoms with E-state index in [1.54, 1.807) is 57.2 Å². The van der Waals surface area contributed by atoms with E-state index in [0.29, 0.717) is 23.6 Å². The third-order valence-corrected chi connectivity index (χ3v) is 3.36. The van der Waals surface area contributed by atoms with Crippen LogP contribution in [0.4, 0.5) is 0 Å². The molecule has 9 heteroatoms. The van der Waals surface area contributed by atoms with Gasteiger partial charge in [0.05, 0.1) is 19.0 Å². The van der Waals surface area contributed by atoms with Crippen LogP contribution in [-0.2, 0) is 20.9 Å². The van der Waals surface area contributed by atoms with Crippen molar-refractivity contribution in [2.75, 3.05) is 6.61 Å². The number of rotatable bonds is 7. The minimum Gasteiger partial charge on any atom is -0.484 e. The second-order valence-corrected chi connectivity index (χ2v) is 7.12. The normalized spacial score (nSPS) is 11.1. The van der Waals surface area contributed by atoms with Gasteiger partial charge in [-0.2, -0.15) is 5.10 Å². The first-order valence-corrected chi connectivity index (χ1v) is 8.90. The summed E-state index contributed by atoms with van der Waals surface area (Å²) in [7, 11) is 0. The molecule has 9 nitrogen and oxygen atoms in total. The summed E-state index contributed by atoms with van der Waals surface area (Å²) in [4.78, 5) is 35.0. The number of hydrogen-bond donors (Lipinski definition) is 3. The van der Waals surface area contributed by atoms with Crippen molar-refractivity contribution in [3.8, 4) is 5.75 Å². The maximum absolute atomic E-state index is 11.8. The van der Waals surface area contributed by atoms with E-state index in [9.17, 15) is 14.4 Å². The number of nitrogens with one attached hydrogen (secondary N) is 3. The van der Waals surface area contributed by atoms with Gasteiger partial charge in [0.1, 0.15) is 11.5 Å². The molecule has 0 aliphatic carbocycles. The number of furan rings is 1. The molecule has 29 heavy (non-hydrogen) atoms. The monoisotopic (exact) mass is 400 g/mol. The SMILES string of the molecule is CC(C)(C)NC(=O)C(=O)N/N=C\c1ccc(OCC(=O)NCc2ccco2)cc1. The van der Waals surface area contributed by atoms with Crippen LogP contribution < -0.4 is 20.8 Å². The predicted octanol–water partition coefficient (Wildman–Crippen LogP) is 1.34. The molecule has 2 aromatic rings. The van der Waals surface area contributed by atoms with E-state index in [0.717, 1.165) is 0 Å². The molecule has 0 spiro atoms. The van der Waals surface area contributed by atoms with E-state index in [2.05, 4.69) is 21.2 Å². The largest absolute Gasteiger partial charge is 0.484 e.